The van der Waals surface area contributed by atoms with Gasteiger partial charge in [0.05, 0.1) is 0 Å². The molecule has 21 heavy (non-hydrogen) atoms. The first-order chi connectivity index (χ1) is 10.0. The van der Waals surface area contributed by atoms with Gasteiger partial charge in [-0.2, -0.15) is 0 Å². The molecule has 0 bridgehead atoms. The van der Waals surface area contributed by atoms with Crippen molar-refractivity contribution in [3.8, 4) is 0 Å². The van der Waals surface area contributed by atoms with Gasteiger partial charge in [0.2, 0.25) is 0 Å². The van der Waals surface area contributed by atoms with Crippen LogP contribution in [0.3, 0.4) is 0 Å². The van der Waals surface area contributed by atoms with Crippen molar-refractivity contribution in [1.82, 2.24) is 5.32 Å². The number of rotatable bonds is 5. The molecule has 0 aliphatic heterocycles. The van der Waals surface area contributed by atoms with E-state index in [1.54, 1.807) is 31.2 Å². The highest BCUT2D eigenvalue weighted by Gasteiger charge is 2.19. The molecule has 112 valence electrons. The van der Waals surface area contributed by atoms with Crippen molar-refractivity contribution in [1.29, 1.82) is 0 Å². The largest absolute Gasteiger partial charge is 0.310 e. The first kappa shape index (κ1) is 15.9. The molecule has 2 aromatic rings. The van der Waals surface area contributed by atoms with Crippen molar-refractivity contribution in [3.63, 3.8) is 0 Å². The maximum atomic E-state index is 14.2. The van der Waals surface area contributed by atoms with Crippen LogP contribution in [0.4, 0.5) is 8.78 Å². The fraction of sp³-hybridized carbons (Fsp3) is 0.294. The van der Waals surface area contributed by atoms with Crippen LogP contribution in [0, 0.1) is 18.6 Å². The Hall–Kier alpha value is -1.45. The number of hydrogen-bond acceptors (Lipinski definition) is 1. The Morgan fingerprint density at radius 3 is 2.33 bits per heavy atom. The minimum absolute atomic E-state index is 0.272. The van der Waals surface area contributed by atoms with Crippen molar-refractivity contribution in [3.05, 3.63) is 69.7 Å². The van der Waals surface area contributed by atoms with E-state index in [0.717, 1.165) is 5.56 Å². The summed E-state index contributed by atoms with van der Waals surface area (Å²) in [7, 11) is 0. The number of aryl methyl sites for hydroxylation is 1. The zero-order valence-electron chi connectivity index (χ0n) is 12.1. The minimum Gasteiger partial charge on any atom is -0.310 e. The molecular weight excluding hydrogens is 292 g/mol. The first-order valence-corrected chi connectivity index (χ1v) is 7.33. The smallest absolute Gasteiger partial charge is 0.163 e. The summed E-state index contributed by atoms with van der Waals surface area (Å²) in [5, 5.41) is 3.87. The molecule has 0 amide bonds. The number of likely N-dealkylation sites (N-methyl/N-ethyl adjacent to an activating group) is 1. The Bertz CT molecular complexity index is 611. The second-order valence-electron chi connectivity index (χ2n) is 5.04. The molecule has 0 spiro atoms. The van der Waals surface area contributed by atoms with Gasteiger partial charge in [0.15, 0.2) is 11.6 Å². The van der Waals surface area contributed by atoms with E-state index in [9.17, 15) is 8.78 Å². The standard InChI is InChI=1S/C17H18ClF2N/c1-3-21-15(10-12-5-7-13(18)8-6-12)14-9-4-11(2)16(19)17(14)20/h4-9,15,21H,3,10H2,1-2H3. The predicted molar refractivity (Wildman–Crippen MR) is 82.7 cm³/mol. The third kappa shape index (κ3) is 3.80. The Morgan fingerprint density at radius 2 is 1.71 bits per heavy atom. The van der Waals surface area contributed by atoms with Gasteiger partial charge < -0.3 is 5.32 Å². The van der Waals surface area contributed by atoms with Crippen LogP contribution in [0.15, 0.2) is 36.4 Å². The van der Waals surface area contributed by atoms with Gasteiger partial charge in [0.1, 0.15) is 0 Å². The summed E-state index contributed by atoms with van der Waals surface area (Å²) in [5.74, 6) is -1.54. The molecule has 1 atom stereocenters. The van der Waals surface area contributed by atoms with Gasteiger partial charge in [-0.25, -0.2) is 8.78 Å². The van der Waals surface area contributed by atoms with E-state index >= 15 is 0 Å². The zero-order chi connectivity index (χ0) is 15.4. The quantitative estimate of drug-likeness (QED) is 0.835. The molecule has 2 rings (SSSR count). The van der Waals surface area contributed by atoms with Crippen LogP contribution in [-0.4, -0.2) is 6.54 Å². The lowest BCUT2D eigenvalue weighted by Crippen LogP contribution is -2.24. The molecule has 1 unspecified atom stereocenters. The molecule has 0 fully saturated rings. The van der Waals surface area contributed by atoms with Crippen LogP contribution in [0.2, 0.25) is 5.02 Å². The van der Waals surface area contributed by atoms with Gasteiger partial charge in [-0.15, -0.1) is 0 Å². The highest BCUT2D eigenvalue weighted by Crippen LogP contribution is 2.25. The van der Waals surface area contributed by atoms with Crippen molar-refractivity contribution >= 4 is 11.6 Å². The highest BCUT2D eigenvalue weighted by molar-refractivity contribution is 6.30. The Balaban J connectivity index is 2.30. The Kier molecular flexibility index (Phi) is 5.32. The SMILES string of the molecule is CCNC(Cc1ccc(Cl)cc1)c1ccc(C)c(F)c1F. The molecule has 1 nitrogen and oxygen atoms in total. The molecule has 0 aliphatic carbocycles. The van der Waals surface area contributed by atoms with E-state index in [0.29, 0.717) is 29.1 Å². The summed E-state index contributed by atoms with van der Waals surface area (Å²) >= 11 is 5.86. The third-order valence-corrected chi connectivity index (χ3v) is 3.74. The van der Waals surface area contributed by atoms with Crippen LogP contribution in [0.1, 0.15) is 29.7 Å². The monoisotopic (exact) mass is 309 g/mol. The lowest BCUT2D eigenvalue weighted by atomic mass is 9.97. The van der Waals surface area contributed by atoms with Gasteiger partial charge in [0.25, 0.3) is 0 Å². The lowest BCUT2D eigenvalue weighted by molar-refractivity contribution is 0.461. The normalized spacial score (nSPS) is 12.4. The van der Waals surface area contributed by atoms with Crippen LogP contribution >= 0.6 is 11.6 Å². The van der Waals surface area contributed by atoms with Gasteiger partial charge in [-0.3, -0.25) is 0 Å². The minimum atomic E-state index is -0.772. The van der Waals surface area contributed by atoms with Gasteiger partial charge >= 0.3 is 0 Å². The molecule has 0 saturated heterocycles. The molecule has 0 aliphatic rings. The maximum Gasteiger partial charge on any atom is 0.163 e. The predicted octanol–water partition coefficient (Wildman–Crippen LogP) is 4.82. The Labute approximate surface area is 128 Å². The van der Waals surface area contributed by atoms with E-state index in [2.05, 4.69) is 5.32 Å². The second kappa shape index (κ2) is 7.01. The van der Waals surface area contributed by atoms with E-state index in [-0.39, 0.29) is 6.04 Å². The van der Waals surface area contributed by atoms with Crippen molar-refractivity contribution in [2.45, 2.75) is 26.3 Å². The van der Waals surface area contributed by atoms with Gasteiger partial charge in [-0.1, -0.05) is 42.8 Å². The number of benzene rings is 2. The highest BCUT2D eigenvalue weighted by atomic mass is 35.5. The van der Waals surface area contributed by atoms with E-state index in [4.69, 9.17) is 11.6 Å². The summed E-state index contributed by atoms with van der Waals surface area (Å²) in [6.07, 6.45) is 0.574. The second-order valence-corrected chi connectivity index (χ2v) is 5.48. The molecule has 1 N–H and O–H groups in total. The van der Waals surface area contributed by atoms with Crippen LogP contribution < -0.4 is 5.32 Å². The summed E-state index contributed by atoms with van der Waals surface area (Å²) in [6.45, 7) is 4.17. The lowest BCUT2D eigenvalue weighted by Gasteiger charge is -2.20. The average molecular weight is 310 g/mol. The molecule has 0 heterocycles. The van der Waals surface area contributed by atoms with Crippen molar-refractivity contribution in [2.24, 2.45) is 0 Å². The average Bonchev–Trinajstić information content (AvgIpc) is 2.47. The topological polar surface area (TPSA) is 12.0 Å². The summed E-state index contributed by atoms with van der Waals surface area (Å²) < 4.78 is 27.9. The molecule has 0 saturated carbocycles. The molecule has 0 radical (unpaired) electrons. The first-order valence-electron chi connectivity index (χ1n) is 6.95. The zero-order valence-corrected chi connectivity index (χ0v) is 12.8. The summed E-state index contributed by atoms with van der Waals surface area (Å²) in [6, 6.07) is 10.4. The fourth-order valence-corrected chi connectivity index (χ4v) is 2.45. The van der Waals surface area contributed by atoms with Crippen molar-refractivity contribution in [2.75, 3.05) is 6.54 Å². The van der Waals surface area contributed by atoms with Crippen LogP contribution in [0.5, 0.6) is 0 Å². The third-order valence-electron chi connectivity index (χ3n) is 3.48. The van der Waals surface area contributed by atoms with E-state index in [1.807, 2.05) is 19.1 Å². The van der Waals surface area contributed by atoms with E-state index in [1.165, 1.54) is 0 Å². The van der Waals surface area contributed by atoms with Gasteiger partial charge in [0, 0.05) is 16.6 Å². The number of nitrogens with one attached hydrogen (secondary N) is 1. The molecule has 0 aromatic heterocycles. The van der Waals surface area contributed by atoms with Crippen LogP contribution in [0.25, 0.3) is 0 Å². The molecule has 4 heteroatoms. The van der Waals surface area contributed by atoms with Crippen LogP contribution in [-0.2, 0) is 6.42 Å². The molecular formula is C17H18ClF2N. The summed E-state index contributed by atoms with van der Waals surface area (Å²) in [4.78, 5) is 0. The maximum absolute atomic E-state index is 14.2. The molecule has 2 aromatic carbocycles. The number of hydrogen-bond donors (Lipinski definition) is 1. The van der Waals surface area contributed by atoms with Gasteiger partial charge in [-0.05, 0) is 43.1 Å². The summed E-state index contributed by atoms with van der Waals surface area (Å²) in [5.41, 5.74) is 1.69. The van der Waals surface area contributed by atoms with Crippen molar-refractivity contribution < 1.29 is 8.78 Å². The van der Waals surface area contributed by atoms with E-state index < -0.39 is 11.6 Å². The fourth-order valence-electron chi connectivity index (χ4n) is 2.32. The Morgan fingerprint density at radius 1 is 1.05 bits per heavy atom. The number of halogens is 3.